The molecular formula is C21H24FN5. The van der Waals surface area contributed by atoms with E-state index in [4.69, 9.17) is 4.98 Å². The summed E-state index contributed by atoms with van der Waals surface area (Å²) >= 11 is 0. The zero-order valence-electron chi connectivity index (χ0n) is 15.6. The number of halogens is 1. The lowest BCUT2D eigenvalue weighted by Crippen LogP contribution is -2.33. The molecule has 0 aliphatic carbocycles. The van der Waals surface area contributed by atoms with Gasteiger partial charge in [0.1, 0.15) is 11.6 Å². The number of benzene rings is 1. The third-order valence-corrected chi connectivity index (χ3v) is 4.86. The zero-order chi connectivity index (χ0) is 18.6. The molecule has 1 aromatic carbocycles. The molecule has 0 unspecified atom stereocenters. The topological polar surface area (TPSA) is 37.2 Å². The van der Waals surface area contributed by atoms with Crippen LogP contribution in [0.15, 0.2) is 55.0 Å². The van der Waals surface area contributed by atoms with Gasteiger partial charge in [0.15, 0.2) is 0 Å². The molecule has 3 heterocycles. The third kappa shape index (κ3) is 4.59. The number of nitrogens with zero attached hydrogens (tertiary/aromatic N) is 5. The van der Waals surface area contributed by atoms with Crippen molar-refractivity contribution in [3.05, 3.63) is 83.5 Å². The molecule has 3 aromatic rings. The van der Waals surface area contributed by atoms with Gasteiger partial charge >= 0.3 is 0 Å². The quantitative estimate of drug-likeness (QED) is 0.673. The van der Waals surface area contributed by atoms with E-state index in [1.54, 1.807) is 6.20 Å². The highest BCUT2D eigenvalue weighted by molar-refractivity contribution is 5.16. The van der Waals surface area contributed by atoms with Crippen molar-refractivity contribution in [3.63, 3.8) is 0 Å². The molecule has 0 bridgehead atoms. The molecule has 0 N–H and O–H groups in total. The van der Waals surface area contributed by atoms with Gasteiger partial charge in [-0.25, -0.2) is 9.37 Å². The maximum absolute atomic E-state index is 13.1. The number of imidazole rings is 1. The molecular weight excluding hydrogens is 341 g/mol. The minimum atomic E-state index is -0.187. The van der Waals surface area contributed by atoms with Crippen molar-refractivity contribution >= 4 is 0 Å². The fraction of sp³-hybridized carbons (Fsp3) is 0.333. The second-order valence-corrected chi connectivity index (χ2v) is 7.21. The Hall–Kier alpha value is -2.57. The lowest BCUT2D eigenvalue weighted by molar-refractivity contribution is 0.209. The first-order valence-electron chi connectivity index (χ1n) is 9.25. The fourth-order valence-electron chi connectivity index (χ4n) is 3.56. The molecule has 1 aliphatic rings. The first-order chi connectivity index (χ1) is 13.2. The maximum atomic E-state index is 13.1. The molecule has 6 heteroatoms. The Kier molecular flexibility index (Phi) is 5.27. The summed E-state index contributed by atoms with van der Waals surface area (Å²) < 4.78 is 15.3. The fourth-order valence-corrected chi connectivity index (χ4v) is 3.56. The molecule has 27 heavy (non-hydrogen) atoms. The number of hydrogen-bond acceptors (Lipinski definition) is 4. The number of fused-ring (bicyclic) bond motifs is 1. The van der Waals surface area contributed by atoms with E-state index in [-0.39, 0.29) is 5.82 Å². The Morgan fingerprint density at radius 1 is 1.07 bits per heavy atom. The van der Waals surface area contributed by atoms with Gasteiger partial charge in [0.25, 0.3) is 0 Å². The molecule has 2 aromatic heterocycles. The highest BCUT2D eigenvalue weighted by Crippen LogP contribution is 2.17. The van der Waals surface area contributed by atoms with Crippen LogP contribution in [0.25, 0.3) is 0 Å². The largest absolute Gasteiger partial charge is 0.332 e. The summed E-state index contributed by atoms with van der Waals surface area (Å²) in [6, 6.07) is 10.8. The van der Waals surface area contributed by atoms with Crippen LogP contribution in [0.1, 0.15) is 22.6 Å². The maximum Gasteiger partial charge on any atom is 0.123 e. The SMILES string of the molecule is CN(Cc1cccnc1)Cc1cn2c(n1)CN(Cc1ccc(F)cc1)CC2. The highest BCUT2D eigenvalue weighted by Gasteiger charge is 2.19. The second-order valence-electron chi connectivity index (χ2n) is 7.21. The number of hydrogen-bond donors (Lipinski definition) is 0. The van der Waals surface area contributed by atoms with Crippen molar-refractivity contribution in [2.24, 2.45) is 0 Å². The van der Waals surface area contributed by atoms with Gasteiger partial charge in [-0.1, -0.05) is 18.2 Å². The normalized spacial score (nSPS) is 14.5. The van der Waals surface area contributed by atoms with E-state index >= 15 is 0 Å². The van der Waals surface area contributed by atoms with Gasteiger partial charge in [0.2, 0.25) is 0 Å². The van der Waals surface area contributed by atoms with Gasteiger partial charge in [0, 0.05) is 51.3 Å². The molecule has 4 rings (SSSR count). The predicted molar refractivity (Wildman–Crippen MR) is 102 cm³/mol. The Labute approximate surface area is 159 Å². The van der Waals surface area contributed by atoms with Crippen molar-refractivity contribution in [1.29, 1.82) is 0 Å². The monoisotopic (exact) mass is 365 g/mol. The molecule has 0 atom stereocenters. The lowest BCUT2D eigenvalue weighted by Gasteiger charge is -2.27. The van der Waals surface area contributed by atoms with E-state index in [0.717, 1.165) is 56.4 Å². The van der Waals surface area contributed by atoms with Crippen LogP contribution in [0.2, 0.25) is 0 Å². The van der Waals surface area contributed by atoms with Crippen LogP contribution in [-0.2, 0) is 32.7 Å². The van der Waals surface area contributed by atoms with E-state index in [9.17, 15) is 4.39 Å². The van der Waals surface area contributed by atoms with Crippen molar-refractivity contribution in [2.75, 3.05) is 13.6 Å². The molecule has 1 aliphatic heterocycles. The predicted octanol–water partition coefficient (Wildman–Crippen LogP) is 3.07. The summed E-state index contributed by atoms with van der Waals surface area (Å²) in [6.07, 6.45) is 5.87. The molecule has 5 nitrogen and oxygen atoms in total. The van der Waals surface area contributed by atoms with Crippen molar-refractivity contribution in [1.82, 2.24) is 24.3 Å². The molecule has 0 saturated heterocycles. The first kappa shape index (κ1) is 17.8. The summed E-state index contributed by atoms with van der Waals surface area (Å²) in [5.41, 5.74) is 3.43. The summed E-state index contributed by atoms with van der Waals surface area (Å²) in [5.74, 6) is 0.918. The smallest absolute Gasteiger partial charge is 0.123 e. The van der Waals surface area contributed by atoms with Crippen LogP contribution in [0.4, 0.5) is 4.39 Å². The summed E-state index contributed by atoms with van der Waals surface area (Å²) in [5, 5.41) is 0. The van der Waals surface area contributed by atoms with Crippen LogP contribution in [0, 0.1) is 5.82 Å². The highest BCUT2D eigenvalue weighted by atomic mass is 19.1. The van der Waals surface area contributed by atoms with Gasteiger partial charge in [-0.15, -0.1) is 0 Å². The Morgan fingerprint density at radius 3 is 2.70 bits per heavy atom. The van der Waals surface area contributed by atoms with Gasteiger partial charge in [-0.3, -0.25) is 14.8 Å². The van der Waals surface area contributed by atoms with E-state index < -0.39 is 0 Å². The summed E-state index contributed by atoms with van der Waals surface area (Å²) in [7, 11) is 2.10. The first-order valence-corrected chi connectivity index (χ1v) is 9.25. The lowest BCUT2D eigenvalue weighted by atomic mass is 10.2. The van der Waals surface area contributed by atoms with Crippen LogP contribution in [-0.4, -0.2) is 37.9 Å². The van der Waals surface area contributed by atoms with Gasteiger partial charge < -0.3 is 4.57 Å². The van der Waals surface area contributed by atoms with Crippen LogP contribution >= 0.6 is 0 Å². The van der Waals surface area contributed by atoms with Crippen molar-refractivity contribution < 1.29 is 4.39 Å². The minimum Gasteiger partial charge on any atom is -0.332 e. The molecule has 0 saturated carbocycles. The molecule has 0 fully saturated rings. The number of aromatic nitrogens is 3. The van der Waals surface area contributed by atoms with E-state index in [2.05, 4.69) is 38.7 Å². The number of rotatable bonds is 6. The van der Waals surface area contributed by atoms with Gasteiger partial charge in [-0.05, 0) is 36.4 Å². The van der Waals surface area contributed by atoms with E-state index in [1.807, 2.05) is 24.4 Å². The molecule has 0 radical (unpaired) electrons. The van der Waals surface area contributed by atoms with Gasteiger partial charge in [-0.2, -0.15) is 0 Å². The van der Waals surface area contributed by atoms with E-state index in [1.165, 1.54) is 17.7 Å². The minimum absolute atomic E-state index is 0.187. The van der Waals surface area contributed by atoms with Gasteiger partial charge in [0.05, 0.1) is 12.2 Å². The third-order valence-electron chi connectivity index (χ3n) is 4.86. The average molecular weight is 365 g/mol. The molecule has 0 amide bonds. The standard InChI is InChI=1S/C21H24FN5/c1-25(12-18-3-2-8-23-11-18)14-20-15-27-10-9-26(16-21(27)24-20)13-17-4-6-19(22)7-5-17/h2-8,11,15H,9-10,12-14,16H2,1H3. The Morgan fingerprint density at radius 2 is 1.93 bits per heavy atom. The molecule has 140 valence electrons. The van der Waals surface area contributed by atoms with Crippen LogP contribution in [0.3, 0.4) is 0 Å². The van der Waals surface area contributed by atoms with Crippen molar-refractivity contribution in [2.45, 2.75) is 32.7 Å². The average Bonchev–Trinajstić information content (AvgIpc) is 3.05. The molecule has 0 spiro atoms. The zero-order valence-corrected chi connectivity index (χ0v) is 15.6. The second kappa shape index (κ2) is 7.98. The Bertz CT molecular complexity index is 875. The van der Waals surface area contributed by atoms with E-state index in [0.29, 0.717) is 0 Å². The Balaban J connectivity index is 1.36. The van der Waals surface area contributed by atoms with Crippen LogP contribution < -0.4 is 0 Å². The summed E-state index contributed by atoms with van der Waals surface area (Å²) in [6.45, 7) is 5.23. The van der Waals surface area contributed by atoms with Crippen LogP contribution in [0.5, 0.6) is 0 Å². The summed E-state index contributed by atoms with van der Waals surface area (Å²) in [4.78, 5) is 13.6. The number of pyridine rings is 1. The van der Waals surface area contributed by atoms with Crippen molar-refractivity contribution in [3.8, 4) is 0 Å².